The Morgan fingerprint density at radius 2 is 2.04 bits per heavy atom. The first kappa shape index (κ1) is 18.7. The molecule has 0 saturated heterocycles. The van der Waals surface area contributed by atoms with E-state index in [4.69, 9.17) is 19.2 Å². The van der Waals surface area contributed by atoms with Crippen LogP contribution in [0.5, 0.6) is 0 Å². The second-order valence-corrected chi connectivity index (χ2v) is 6.07. The molecule has 1 N–H and O–H groups in total. The topological polar surface area (TPSA) is 124 Å². The summed E-state index contributed by atoms with van der Waals surface area (Å²) in [5.41, 5.74) is 2.66. The first-order chi connectivity index (χ1) is 13.0. The minimum atomic E-state index is -0.835. The van der Waals surface area contributed by atoms with Gasteiger partial charge < -0.3 is 14.6 Å². The number of nitrogens with zero attached hydrogens (tertiary/aromatic N) is 3. The third kappa shape index (κ3) is 3.33. The van der Waals surface area contributed by atoms with Gasteiger partial charge in [-0.05, 0) is 35.8 Å². The van der Waals surface area contributed by atoms with E-state index in [1.165, 1.54) is 7.11 Å². The molecular weight excluding hydrogens is 354 g/mol. The van der Waals surface area contributed by atoms with Crippen molar-refractivity contribution in [2.45, 2.75) is 19.8 Å². The molecule has 2 unspecified atom stereocenters. The number of carbonyl (C=O) groups is 2. The minimum Gasteiger partial charge on any atom is -0.468 e. The predicted octanol–water partition coefficient (Wildman–Crippen LogP) is 1.38. The highest BCUT2D eigenvalue weighted by molar-refractivity contribution is 6.07. The van der Waals surface area contributed by atoms with E-state index >= 15 is 0 Å². The zero-order valence-electron chi connectivity index (χ0n) is 15.1. The summed E-state index contributed by atoms with van der Waals surface area (Å²) < 4.78 is 14.9. The molecule has 0 fully saturated rings. The summed E-state index contributed by atoms with van der Waals surface area (Å²) in [5.74, 6) is -2.77. The van der Waals surface area contributed by atoms with Crippen molar-refractivity contribution in [3.63, 3.8) is 0 Å². The summed E-state index contributed by atoms with van der Waals surface area (Å²) in [4.78, 5) is 29.6. The van der Waals surface area contributed by atoms with Gasteiger partial charge in [-0.25, -0.2) is 9.42 Å². The molecule has 0 spiro atoms. The van der Waals surface area contributed by atoms with Gasteiger partial charge in [0.15, 0.2) is 0 Å². The fourth-order valence-corrected chi connectivity index (χ4v) is 3.36. The normalized spacial score (nSPS) is 19.8. The van der Waals surface area contributed by atoms with Crippen LogP contribution >= 0.6 is 0 Å². The van der Waals surface area contributed by atoms with Gasteiger partial charge in [-0.1, -0.05) is 12.1 Å². The first-order valence-corrected chi connectivity index (χ1v) is 8.32. The fourth-order valence-electron chi connectivity index (χ4n) is 3.36. The molecular formula is C18H19N3O6. The maximum absolute atomic E-state index is 12.7. The molecule has 1 aromatic heterocycles. The molecule has 27 heavy (non-hydrogen) atoms. The summed E-state index contributed by atoms with van der Waals surface area (Å²) in [7, 11) is 1.28. The zero-order valence-corrected chi connectivity index (χ0v) is 15.1. The quantitative estimate of drug-likeness (QED) is 0.780. The van der Waals surface area contributed by atoms with E-state index in [1.807, 2.05) is 0 Å². The van der Waals surface area contributed by atoms with Gasteiger partial charge in [0.25, 0.3) is 0 Å². The lowest BCUT2D eigenvalue weighted by atomic mass is 9.75. The average Bonchev–Trinajstić information content (AvgIpc) is 3.13. The Bertz CT molecular complexity index is 945. The van der Waals surface area contributed by atoms with Crippen LogP contribution in [0.3, 0.4) is 0 Å². The number of fused-ring (bicyclic) bond motifs is 1. The second kappa shape index (κ2) is 7.67. The van der Waals surface area contributed by atoms with Gasteiger partial charge in [0.1, 0.15) is 23.6 Å². The summed E-state index contributed by atoms with van der Waals surface area (Å²) >= 11 is 0. The van der Waals surface area contributed by atoms with Crippen molar-refractivity contribution in [1.82, 2.24) is 10.3 Å². The van der Waals surface area contributed by atoms with Crippen LogP contribution in [-0.4, -0.2) is 53.4 Å². The van der Waals surface area contributed by atoms with E-state index < -0.39 is 23.8 Å². The SMILES string of the molecule is COC(=O)C1C(C)=NC(C)=C(C(=O)OCCO)C1c1cccc2nonc12. The van der Waals surface area contributed by atoms with E-state index in [0.29, 0.717) is 28.0 Å². The van der Waals surface area contributed by atoms with Crippen LogP contribution in [0.15, 0.2) is 39.1 Å². The van der Waals surface area contributed by atoms with Gasteiger partial charge >= 0.3 is 11.9 Å². The highest BCUT2D eigenvalue weighted by Crippen LogP contribution is 2.41. The van der Waals surface area contributed by atoms with Crippen molar-refractivity contribution in [3.8, 4) is 0 Å². The number of allylic oxidation sites excluding steroid dienone is 1. The van der Waals surface area contributed by atoms with Crippen molar-refractivity contribution in [2.75, 3.05) is 20.3 Å². The fraction of sp³-hybridized carbons (Fsp3) is 0.389. The Morgan fingerprint density at radius 1 is 1.26 bits per heavy atom. The zero-order chi connectivity index (χ0) is 19.6. The molecule has 0 saturated carbocycles. The lowest BCUT2D eigenvalue weighted by Gasteiger charge is -2.31. The molecule has 1 aromatic carbocycles. The number of hydrogen-bond donors (Lipinski definition) is 1. The van der Waals surface area contributed by atoms with Crippen LogP contribution in [0, 0.1) is 5.92 Å². The number of aliphatic hydroxyl groups excluding tert-OH is 1. The standard InChI is InChI=1S/C18H19N3O6/c1-9-13(17(23)25-3)15(11-5-4-6-12-16(11)21-27-20-12)14(10(2)19-9)18(24)26-8-7-22/h4-6,13,15,22H,7-8H2,1-3H3. The molecule has 9 nitrogen and oxygen atoms in total. The average molecular weight is 373 g/mol. The van der Waals surface area contributed by atoms with Gasteiger partial charge in [-0.15, -0.1) is 0 Å². The van der Waals surface area contributed by atoms with Crippen LogP contribution in [0.1, 0.15) is 25.3 Å². The third-order valence-electron chi connectivity index (χ3n) is 4.48. The Balaban J connectivity index is 2.21. The lowest BCUT2D eigenvalue weighted by Crippen LogP contribution is -2.36. The number of benzene rings is 1. The Kier molecular flexibility index (Phi) is 5.31. The van der Waals surface area contributed by atoms with Crippen molar-refractivity contribution in [1.29, 1.82) is 0 Å². The predicted molar refractivity (Wildman–Crippen MR) is 93.9 cm³/mol. The van der Waals surface area contributed by atoms with E-state index in [9.17, 15) is 9.59 Å². The molecule has 2 heterocycles. The molecule has 1 aliphatic rings. The van der Waals surface area contributed by atoms with Gasteiger partial charge in [-0.2, -0.15) is 0 Å². The number of aromatic nitrogens is 2. The van der Waals surface area contributed by atoms with E-state index in [2.05, 4.69) is 15.3 Å². The summed E-state index contributed by atoms with van der Waals surface area (Å²) in [5, 5.41) is 16.7. The van der Waals surface area contributed by atoms with E-state index in [-0.39, 0.29) is 18.8 Å². The van der Waals surface area contributed by atoms with Crippen LogP contribution in [0.2, 0.25) is 0 Å². The van der Waals surface area contributed by atoms with Crippen molar-refractivity contribution >= 4 is 28.7 Å². The molecule has 0 radical (unpaired) electrons. The number of aliphatic imine (C=N–C) groups is 1. The Hall–Kier alpha value is -3.07. The number of carbonyl (C=O) groups excluding carboxylic acids is 2. The molecule has 9 heteroatoms. The highest BCUT2D eigenvalue weighted by Gasteiger charge is 2.43. The molecule has 2 aromatic rings. The number of methoxy groups -OCH3 is 1. The highest BCUT2D eigenvalue weighted by atomic mass is 16.6. The molecule has 142 valence electrons. The van der Waals surface area contributed by atoms with Gasteiger partial charge in [0, 0.05) is 17.3 Å². The number of hydrogen-bond acceptors (Lipinski definition) is 9. The molecule has 0 amide bonds. The van der Waals surface area contributed by atoms with E-state index in [0.717, 1.165) is 0 Å². The number of aliphatic hydroxyl groups is 1. The molecule has 2 atom stereocenters. The van der Waals surface area contributed by atoms with Crippen molar-refractivity contribution in [3.05, 3.63) is 35.0 Å². The first-order valence-electron chi connectivity index (χ1n) is 8.32. The Labute approximate surface area is 154 Å². The monoisotopic (exact) mass is 373 g/mol. The van der Waals surface area contributed by atoms with Gasteiger partial charge in [0.2, 0.25) is 0 Å². The van der Waals surface area contributed by atoms with Gasteiger partial charge in [-0.3, -0.25) is 9.79 Å². The Morgan fingerprint density at radius 3 is 2.74 bits per heavy atom. The maximum Gasteiger partial charge on any atom is 0.336 e. The summed E-state index contributed by atoms with van der Waals surface area (Å²) in [6, 6.07) is 5.20. The van der Waals surface area contributed by atoms with E-state index in [1.54, 1.807) is 32.0 Å². The minimum absolute atomic E-state index is 0.163. The molecule has 0 bridgehead atoms. The number of rotatable bonds is 5. The number of ether oxygens (including phenoxy) is 2. The second-order valence-electron chi connectivity index (χ2n) is 6.07. The maximum atomic E-state index is 12.7. The van der Waals surface area contributed by atoms with Crippen LogP contribution < -0.4 is 0 Å². The van der Waals surface area contributed by atoms with Crippen molar-refractivity contribution in [2.24, 2.45) is 10.9 Å². The smallest absolute Gasteiger partial charge is 0.336 e. The van der Waals surface area contributed by atoms with Crippen LogP contribution in [-0.2, 0) is 19.1 Å². The van der Waals surface area contributed by atoms with Gasteiger partial charge in [0.05, 0.1) is 19.3 Å². The molecule has 3 rings (SSSR count). The van der Waals surface area contributed by atoms with Crippen LogP contribution in [0.4, 0.5) is 0 Å². The third-order valence-corrected chi connectivity index (χ3v) is 4.48. The van der Waals surface area contributed by atoms with Crippen molar-refractivity contribution < 1.29 is 28.8 Å². The lowest BCUT2D eigenvalue weighted by molar-refractivity contribution is -0.144. The largest absolute Gasteiger partial charge is 0.468 e. The van der Waals surface area contributed by atoms with Crippen LogP contribution in [0.25, 0.3) is 11.0 Å². The number of esters is 2. The molecule has 1 aliphatic heterocycles. The summed E-state index contributed by atoms with van der Waals surface area (Å²) in [6.07, 6.45) is 0. The molecule has 0 aliphatic carbocycles. The summed E-state index contributed by atoms with van der Waals surface area (Å²) in [6.45, 7) is 2.90.